The molecule has 0 saturated carbocycles. The van der Waals surface area contributed by atoms with Gasteiger partial charge >= 0.3 is 0 Å². The van der Waals surface area contributed by atoms with Crippen LogP contribution in [0.5, 0.6) is 0 Å². The predicted molar refractivity (Wildman–Crippen MR) is 56.2 cm³/mol. The van der Waals surface area contributed by atoms with Crippen LogP contribution in [0.2, 0.25) is 0 Å². The third-order valence-corrected chi connectivity index (χ3v) is 1.93. The third-order valence-electron chi connectivity index (χ3n) is 1.93. The molecule has 14 heavy (non-hydrogen) atoms. The number of hydrogen-bond acceptors (Lipinski definition) is 1. The van der Waals surface area contributed by atoms with E-state index in [1.807, 2.05) is 42.5 Å². The van der Waals surface area contributed by atoms with Gasteiger partial charge in [-0.25, -0.2) is 0 Å². The molecule has 1 aliphatic rings. The molecule has 4 nitrogen and oxygen atoms in total. The second kappa shape index (κ2) is 3.68. The van der Waals surface area contributed by atoms with Crippen LogP contribution < -0.4 is 5.01 Å². The van der Waals surface area contributed by atoms with E-state index in [0.717, 1.165) is 11.3 Å². The molecule has 1 aromatic rings. The van der Waals surface area contributed by atoms with Gasteiger partial charge in [0.05, 0.1) is 6.20 Å². The molecular weight excluding hydrogens is 176 g/mol. The molecule has 0 unspecified atom stereocenters. The summed E-state index contributed by atoms with van der Waals surface area (Å²) in [4.78, 5) is 2.77. The molecule has 68 valence electrons. The molecule has 1 aromatic carbocycles. The van der Waals surface area contributed by atoms with Crippen LogP contribution in [0.25, 0.3) is 16.5 Å². The number of para-hydroxylation sites is 1. The minimum Gasteiger partial charge on any atom is -0.185 e. The van der Waals surface area contributed by atoms with Gasteiger partial charge in [-0.1, -0.05) is 30.4 Å². The van der Waals surface area contributed by atoms with Gasteiger partial charge < -0.3 is 0 Å². The van der Waals surface area contributed by atoms with Crippen molar-refractivity contribution in [2.75, 3.05) is 5.01 Å². The van der Waals surface area contributed by atoms with Gasteiger partial charge in [0.2, 0.25) is 0 Å². The Morgan fingerprint density at radius 2 is 2.07 bits per heavy atom. The summed E-state index contributed by atoms with van der Waals surface area (Å²) in [6, 6.07) is 7.73. The second-order valence-corrected chi connectivity index (χ2v) is 2.78. The summed E-state index contributed by atoms with van der Waals surface area (Å²) in [7, 11) is 0. The van der Waals surface area contributed by atoms with Gasteiger partial charge in [-0.15, -0.1) is 5.53 Å². The Bertz CT molecular complexity index is 441. The lowest BCUT2D eigenvalue weighted by molar-refractivity contribution is 1.05. The van der Waals surface area contributed by atoms with E-state index in [4.69, 9.17) is 5.53 Å². The average Bonchev–Trinajstić information content (AvgIpc) is 2.42. The van der Waals surface area contributed by atoms with E-state index in [1.165, 1.54) is 5.01 Å². The van der Waals surface area contributed by atoms with Crippen molar-refractivity contribution in [2.45, 2.75) is 0 Å². The lowest BCUT2D eigenvalue weighted by Crippen LogP contribution is -2.05. The first-order valence-electron chi connectivity index (χ1n) is 4.20. The SMILES string of the molecule is [N-]=[N+]=NN1C=CC=Cc2ccccc21. The topological polar surface area (TPSA) is 52.0 Å². The van der Waals surface area contributed by atoms with Crippen molar-refractivity contribution in [3.8, 4) is 0 Å². The van der Waals surface area contributed by atoms with Crippen molar-refractivity contribution in [3.63, 3.8) is 0 Å². The Morgan fingerprint density at radius 1 is 1.21 bits per heavy atom. The van der Waals surface area contributed by atoms with Crippen molar-refractivity contribution in [1.29, 1.82) is 0 Å². The maximum Gasteiger partial charge on any atom is 0.143 e. The van der Waals surface area contributed by atoms with Crippen LogP contribution >= 0.6 is 0 Å². The molecule has 0 radical (unpaired) electrons. The minimum atomic E-state index is 0.885. The Kier molecular flexibility index (Phi) is 2.21. The van der Waals surface area contributed by atoms with E-state index in [-0.39, 0.29) is 0 Å². The summed E-state index contributed by atoms with van der Waals surface area (Å²) in [6.45, 7) is 0. The molecule has 0 saturated heterocycles. The van der Waals surface area contributed by atoms with E-state index in [9.17, 15) is 0 Å². The number of anilines is 1. The van der Waals surface area contributed by atoms with E-state index < -0.39 is 0 Å². The highest BCUT2D eigenvalue weighted by molar-refractivity contribution is 5.70. The summed E-state index contributed by atoms with van der Waals surface area (Å²) < 4.78 is 0. The smallest absolute Gasteiger partial charge is 0.143 e. The number of nitrogens with zero attached hydrogens (tertiary/aromatic N) is 4. The Hall–Kier alpha value is -2.19. The number of benzene rings is 1. The molecule has 0 N–H and O–H groups in total. The summed E-state index contributed by atoms with van der Waals surface area (Å²) in [5.41, 5.74) is 10.3. The maximum atomic E-state index is 8.40. The van der Waals surface area contributed by atoms with Crippen LogP contribution in [-0.4, -0.2) is 0 Å². The molecule has 0 aliphatic carbocycles. The molecule has 0 aromatic heterocycles. The van der Waals surface area contributed by atoms with Gasteiger partial charge in [0.1, 0.15) is 5.69 Å². The van der Waals surface area contributed by atoms with Gasteiger partial charge in [0.25, 0.3) is 0 Å². The van der Waals surface area contributed by atoms with E-state index in [2.05, 4.69) is 10.1 Å². The van der Waals surface area contributed by atoms with Crippen molar-refractivity contribution >= 4 is 11.8 Å². The third kappa shape index (κ3) is 1.46. The quantitative estimate of drug-likeness (QED) is 0.375. The molecule has 4 heteroatoms. The van der Waals surface area contributed by atoms with E-state index in [1.54, 1.807) is 6.20 Å². The molecule has 0 bridgehead atoms. The average molecular weight is 184 g/mol. The summed E-state index contributed by atoms with van der Waals surface area (Å²) >= 11 is 0. The predicted octanol–water partition coefficient (Wildman–Crippen LogP) is 3.26. The second-order valence-electron chi connectivity index (χ2n) is 2.78. The first kappa shape index (κ1) is 8.41. The standard InChI is InChI=1S/C10H8N4/c11-12-13-14-8-4-3-6-9-5-1-2-7-10(9)14/h1-8H. The van der Waals surface area contributed by atoms with Crippen molar-refractivity contribution in [1.82, 2.24) is 0 Å². The lowest BCUT2D eigenvalue weighted by atomic mass is 10.1. The zero-order valence-electron chi connectivity index (χ0n) is 7.41. The Labute approximate surface area is 81.4 Å². The number of allylic oxidation sites excluding steroid dienone is 2. The van der Waals surface area contributed by atoms with Crippen LogP contribution in [0.1, 0.15) is 5.56 Å². The lowest BCUT2D eigenvalue weighted by Gasteiger charge is -2.08. The van der Waals surface area contributed by atoms with Crippen LogP contribution in [0.3, 0.4) is 0 Å². The van der Waals surface area contributed by atoms with Crippen molar-refractivity contribution < 1.29 is 0 Å². The minimum absolute atomic E-state index is 0.885. The van der Waals surface area contributed by atoms with Crippen LogP contribution in [0, 0.1) is 0 Å². The van der Waals surface area contributed by atoms with Gasteiger partial charge in [0, 0.05) is 5.56 Å². The van der Waals surface area contributed by atoms with Crippen LogP contribution in [-0.2, 0) is 0 Å². The van der Waals surface area contributed by atoms with E-state index in [0.29, 0.717) is 0 Å². The molecule has 0 atom stereocenters. The summed E-state index contributed by atoms with van der Waals surface area (Å²) in [5.74, 6) is 0. The molecule has 1 aliphatic heterocycles. The van der Waals surface area contributed by atoms with Gasteiger partial charge in [-0.05, 0) is 17.4 Å². The Morgan fingerprint density at radius 3 is 2.93 bits per heavy atom. The first-order chi connectivity index (χ1) is 6.92. The van der Waals surface area contributed by atoms with Crippen molar-refractivity contribution in [2.24, 2.45) is 5.22 Å². The molecule has 0 amide bonds. The molecular formula is C10H8N4. The number of fused-ring (bicyclic) bond motifs is 1. The number of hydrogen-bond donors (Lipinski definition) is 0. The Balaban J connectivity index is 2.55. The molecule has 2 rings (SSSR count). The fourth-order valence-electron chi connectivity index (χ4n) is 1.33. The van der Waals surface area contributed by atoms with E-state index >= 15 is 0 Å². The fraction of sp³-hybridized carbons (Fsp3) is 0. The van der Waals surface area contributed by atoms with Crippen LogP contribution in [0.4, 0.5) is 5.69 Å². The zero-order chi connectivity index (χ0) is 9.80. The highest BCUT2D eigenvalue weighted by Gasteiger charge is 2.10. The number of rotatable bonds is 1. The zero-order valence-corrected chi connectivity index (χ0v) is 7.41. The maximum absolute atomic E-state index is 8.40. The molecule has 1 heterocycles. The monoisotopic (exact) mass is 184 g/mol. The molecule has 0 spiro atoms. The summed E-state index contributed by atoms with van der Waals surface area (Å²) in [6.07, 6.45) is 7.43. The first-order valence-corrected chi connectivity index (χ1v) is 4.20. The van der Waals surface area contributed by atoms with Crippen molar-refractivity contribution in [3.05, 3.63) is 58.6 Å². The van der Waals surface area contributed by atoms with Crippen LogP contribution in [0.15, 0.2) is 47.8 Å². The highest BCUT2D eigenvalue weighted by atomic mass is 15.5. The van der Waals surface area contributed by atoms with Gasteiger partial charge in [-0.3, -0.25) is 0 Å². The highest BCUT2D eigenvalue weighted by Crippen LogP contribution is 2.24. The largest absolute Gasteiger partial charge is 0.185 e. The molecule has 0 fully saturated rings. The van der Waals surface area contributed by atoms with Gasteiger partial charge in [0.15, 0.2) is 0 Å². The number of azide groups is 1. The normalized spacial score (nSPS) is 13.0. The fourth-order valence-corrected chi connectivity index (χ4v) is 1.33. The van der Waals surface area contributed by atoms with Gasteiger partial charge in [-0.2, -0.15) is 9.92 Å². The summed E-state index contributed by atoms with van der Waals surface area (Å²) in [5, 5.41) is 5.08.